The first-order valence-corrected chi connectivity index (χ1v) is 4.40. The Morgan fingerprint density at radius 2 is 2.08 bits per heavy atom. The summed E-state index contributed by atoms with van der Waals surface area (Å²) in [6.45, 7) is 2.83. The van der Waals surface area contributed by atoms with Crippen LogP contribution in [0.2, 0.25) is 6.32 Å². The van der Waals surface area contributed by atoms with E-state index in [0.717, 1.165) is 19.5 Å². The Morgan fingerprint density at radius 3 is 2.67 bits per heavy atom. The van der Waals surface area contributed by atoms with Crippen molar-refractivity contribution in [2.24, 2.45) is 0 Å². The summed E-state index contributed by atoms with van der Waals surface area (Å²) in [4.78, 5) is 13.2. The fourth-order valence-electron chi connectivity index (χ4n) is 1.22. The van der Waals surface area contributed by atoms with Gasteiger partial charge in [-0.25, -0.2) is 0 Å². The largest absolute Gasteiger partial charge is 0.378 e. The maximum absolute atomic E-state index is 11.4. The van der Waals surface area contributed by atoms with Crippen LogP contribution in [0.25, 0.3) is 0 Å². The highest BCUT2D eigenvalue weighted by Gasteiger charge is 2.15. The van der Waals surface area contributed by atoms with Gasteiger partial charge in [-0.2, -0.15) is 0 Å². The molecule has 0 unspecified atom stereocenters. The Labute approximate surface area is 74.5 Å². The number of nitrogens with zero attached hydrogens (tertiary/aromatic N) is 1. The summed E-state index contributed by atoms with van der Waals surface area (Å²) in [6, 6.07) is 0. The Balaban J connectivity index is 2.20. The Morgan fingerprint density at radius 1 is 1.42 bits per heavy atom. The Bertz CT molecular complexity index is 146. The molecule has 1 aliphatic heterocycles. The number of rotatable bonds is 3. The minimum atomic E-state index is 0.212. The molecule has 12 heavy (non-hydrogen) atoms. The third kappa shape index (κ3) is 2.85. The molecular weight excluding hydrogens is 153 g/mol. The van der Waals surface area contributed by atoms with E-state index >= 15 is 0 Å². The second-order valence-corrected chi connectivity index (χ2v) is 2.89. The van der Waals surface area contributed by atoms with E-state index in [9.17, 15) is 4.79 Å². The van der Waals surface area contributed by atoms with Gasteiger partial charge in [-0.3, -0.25) is 4.79 Å². The first kappa shape index (κ1) is 9.58. The first-order valence-electron chi connectivity index (χ1n) is 4.40. The van der Waals surface area contributed by atoms with Gasteiger partial charge in [-0.15, -0.1) is 0 Å². The van der Waals surface area contributed by atoms with Crippen molar-refractivity contribution >= 4 is 13.8 Å². The van der Waals surface area contributed by atoms with Gasteiger partial charge in [0.1, 0.15) is 0 Å². The number of hydrogen-bond donors (Lipinski definition) is 0. The summed E-state index contributed by atoms with van der Waals surface area (Å²) < 4.78 is 5.14. The van der Waals surface area contributed by atoms with Gasteiger partial charge >= 0.3 is 0 Å². The lowest BCUT2D eigenvalue weighted by Gasteiger charge is -2.26. The molecule has 1 saturated heterocycles. The second-order valence-electron chi connectivity index (χ2n) is 2.89. The fraction of sp³-hybridized carbons (Fsp3) is 0.875. The van der Waals surface area contributed by atoms with Crippen molar-refractivity contribution in [1.29, 1.82) is 0 Å². The van der Waals surface area contributed by atoms with Crippen LogP contribution in [0.5, 0.6) is 0 Å². The zero-order valence-corrected chi connectivity index (χ0v) is 7.29. The number of amides is 1. The number of hydrogen-bond acceptors (Lipinski definition) is 2. The molecule has 1 amide bonds. The molecule has 0 spiro atoms. The maximum Gasteiger partial charge on any atom is 0.222 e. The van der Waals surface area contributed by atoms with Crippen LogP contribution in [0.15, 0.2) is 0 Å². The minimum Gasteiger partial charge on any atom is -0.378 e. The summed E-state index contributed by atoms with van der Waals surface area (Å²) in [5, 5.41) is 0. The highest BCUT2D eigenvalue weighted by Crippen LogP contribution is 2.02. The maximum atomic E-state index is 11.4. The predicted molar refractivity (Wildman–Crippen MR) is 47.2 cm³/mol. The van der Waals surface area contributed by atoms with Crippen LogP contribution in [-0.2, 0) is 9.53 Å². The topological polar surface area (TPSA) is 29.5 Å². The van der Waals surface area contributed by atoms with Crippen molar-refractivity contribution in [2.45, 2.75) is 19.2 Å². The molecule has 1 aliphatic rings. The summed E-state index contributed by atoms with van der Waals surface area (Å²) in [5.41, 5.74) is 0. The molecule has 0 aromatic rings. The van der Waals surface area contributed by atoms with Gasteiger partial charge < -0.3 is 9.64 Å². The number of carbonyl (C=O) groups is 1. The standard InChI is InChI=1S/C8H14BNO2/c9-3-1-2-8(11)10-4-6-12-7-5-10/h1-7H2. The predicted octanol–water partition coefficient (Wildman–Crippen LogP) is 0.212. The van der Waals surface area contributed by atoms with E-state index in [1.54, 1.807) is 0 Å². The average molecular weight is 167 g/mol. The molecule has 0 atom stereocenters. The molecule has 0 N–H and O–H groups in total. The molecule has 2 radical (unpaired) electrons. The molecule has 1 rings (SSSR count). The van der Waals surface area contributed by atoms with Gasteiger partial charge in [0.05, 0.1) is 21.1 Å². The van der Waals surface area contributed by atoms with Gasteiger partial charge in [0.2, 0.25) is 5.91 Å². The SMILES string of the molecule is [B]CCCC(=O)N1CCOCC1. The summed E-state index contributed by atoms with van der Waals surface area (Å²) in [5.74, 6) is 0.212. The van der Waals surface area contributed by atoms with E-state index in [2.05, 4.69) is 0 Å². The van der Waals surface area contributed by atoms with Crippen LogP contribution in [0.1, 0.15) is 12.8 Å². The normalized spacial score (nSPS) is 17.8. The molecule has 3 nitrogen and oxygen atoms in total. The van der Waals surface area contributed by atoms with E-state index in [1.165, 1.54) is 0 Å². The Kier molecular flexibility index (Phi) is 4.15. The van der Waals surface area contributed by atoms with Crippen molar-refractivity contribution < 1.29 is 9.53 Å². The summed E-state index contributed by atoms with van der Waals surface area (Å²) in [6.07, 6.45) is 1.96. The molecule has 0 aliphatic carbocycles. The zero-order valence-electron chi connectivity index (χ0n) is 7.29. The lowest BCUT2D eigenvalue weighted by Crippen LogP contribution is -2.40. The van der Waals surface area contributed by atoms with Crippen molar-refractivity contribution in [1.82, 2.24) is 4.90 Å². The van der Waals surface area contributed by atoms with E-state index in [1.807, 2.05) is 4.90 Å². The third-order valence-corrected chi connectivity index (χ3v) is 1.96. The molecule has 0 aromatic carbocycles. The van der Waals surface area contributed by atoms with Crippen LogP contribution in [0.3, 0.4) is 0 Å². The quantitative estimate of drug-likeness (QED) is 0.562. The van der Waals surface area contributed by atoms with Crippen molar-refractivity contribution in [3.05, 3.63) is 0 Å². The smallest absolute Gasteiger partial charge is 0.222 e. The molecule has 66 valence electrons. The van der Waals surface area contributed by atoms with Crippen LogP contribution >= 0.6 is 0 Å². The molecule has 0 saturated carbocycles. The number of carbonyl (C=O) groups excluding carboxylic acids is 1. The highest BCUT2D eigenvalue weighted by molar-refractivity contribution is 6.08. The van der Waals surface area contributed by atoms with Crippen molar-refractivity contribution in [3.63, 3.8) is 0 Å². The molecule has 4 heteroatoms. The summed E-state index contributed by atoms with van der Waals surface area (Å²) in [7, 11) is 5.31. The molecule has 0 bridgehead atoms. The number of ether oxygens (including phenoxy) is 1. The van der Waals surface area contributed by atoms with Gasteiger partial charge in [0, 0.05) is 19.5 Å². The Hall–Kier alpha value is -0.505. The average Bonchev–Trinajstić information content (AvgIpc) is 2.15. The van der Waals surface area contributed by atoms with Crippen LogP contribution in [0, 0.1) is 0 Å². The van der Waals surface area contributed by atoms with E-state index in [-0.39, 0.29) is 5.91 Å². The molecule has 1 heterocycles. The minimum absolute atomic E-state index is 0.212. The highest BCUT2D eigenvalue weighted by atomic mass is 16.5. The number of morpholine rings is 1. The molecule has 1 fully saturated rings. The third-order valence-electron chi connectivity index (χ3n) is 1.96. The van der Waals surface area contributed by atoms with Crippen LogP contribution < -0.4 is 0 Å². The van der Waals surface area contributed by atoms with Crippen LogP contribution in [-0.4, -0.2) is 45.0 Å². The lowest BCUT2D eigenvalue weighted by atomic mass is 10.00. The first-order chi connectivity index (χ1) is 5.84. The van der Waals surface area contributed by atoms with Gasteiger partial charge in [0.25, 0.3) is 0 Å². The molecular formula is C8H14BNO2. The fourth-order valence-corrected chi connectivity index (χ4v) is 1.22. The monoisotopic (exact) mass is 167 g/mol. The van der Waals surface area contributed by atoms with Crippen LogP contribution in [0.4, 0.5) is 0 Å². The van der Waals surface area contributed by atoms with Crippen molar-refractivity contribution in [2.75, 3.05) is 26.3 Å². The van der Waals surface area contributed by atoms with E-state index < -0.39 is 0 Å². The van der Waals surface area contributed by atoms with E-state index in [0.29, 0.717) is 26.0 Å². The van der Waals surface area contributed by atoms with Crippen molar-refractivity contribution in [3.8, 4) is 0 Å². The lowest BCUT2D eigenvalue weighted by molar-refractivity contribution is -0.135. The molecule has 0 aromatic heterocycles. The van der Waals surface area contributed by atoms with Gasteiger partial charge in [0.15, 0.2) is 0 Å². The van der Waals surface area contributed by atoms with Gasteiger partial charge in [-0.1, -0.05) is 12.7 Å². The zero-order chi connectivity index (χ0) is 8.81. The second kappa shape index (κ2) is 5.20. The summed E-state index contributed by atoms with van der Waals surface area (Å²) >= 11 is 0. The van der Waals surface area contributed by atoms with E-state index in [4.69, 9.17) is 12.6 Å². The van der Waals surface area contributed by atoms with Gasteiger partial charge in [-0.05, 0) is 0 Å².